The number of nitrogens with zero attached hydrogens (tertiary/aromatic N) is 1. The topological polar surface area (TPSA) is 69.7 Å². The molecule has 76 valence electrons. The zero-order valence-corrected chi connectivity index (χ0v) is 7.76. The van der Waals surface area contributed by atoms with Gasteiger partial charge < -0.3 is 15.9 Å². The third-order valence-corrected chi connectivity index (χ3v) is 3.29. The summed E-state index contributed by atoms with van der Waals surface area (Å²) in [7, 11) is 0. The van der Waals surface area contributed by atoms with Crippen LogP contribution < -0.4 is 5.73 Å². The van der Waals surface area contributed by atoms with Gasteiger partial charge in [0.2, 0.25) is 0 Å². The number of hydrogen-bond donors (Lipinski definition) is 3. The van der Waals surface area contributed by atoms with Crippen LogP contribution in [0.2, 0.25) is 0 Å². The van der Waals surface area contributed by atoms with E-state index in [4.69, 9.17) is 5.73 Å². The van der Waals surface area contributed by atoms with Crippen molar-refractivity contribution < 1.29 is 10.2 Å². The van der Waals surface area contributed by atoms with Crippen molar-refractivity contribution in [1.29, 1.82) is 0 Å². The molecule has 1 aliphatic carbocycles. The van der Waals surface area contributed by atoms with Crippen molar-refractivity contribution in [3.63, 3.8) is 0 Å². The highest BCUT2D eigenvalue weighted by atomic mass is 16.3. The van der Waals surface area contributed by atoms with E-state index in [9.17, 15) is 10.2 Å². The molecule has 4 N–H and O–H groups in total. The van der Waals surface area contributed by atoms with E-state index >= 15 is 0 Å². The molecule has 0 bridgehead atoms. The molecule has 13 heavy (non-hydrogen) atoms. The van der Waals surface area contributed by atoms with Crippen molar-refractivity contribution in [3.8, 4) is 0 Å². The molecule has 0 amide bonds. The summed E-state index contributed by atoms with van der Waals surface area (Å²) in [5.41, 5.74) is 5.94. The molecular weight excluding hydrogens is 168 g/mol. The second kappa shape index (κ2) is 3.53. The van der Waals surface area contributed by atoms with E-state index in [1.807, 2.05) is 0 Å². The van der Waals surface area contributed by atoms with Crippen LogP contribution >= 0.6 is 0 Å². The molecule has 1 aliphatic heterocycles. The van der Waals surface area contributed by atoms with E-state index in [0.29, 0.717) is 19.1 Å². The Morgan fingerprint density at radius 1 is 1.08 bits per heavy atom. The average Bonchev–Trinajstić information content (AvgIpc) is 2.60. The van der Waals surface area contributed by atoms with Gasteiger partial charge in [-0.15, -0.1) is 0 Å². The Bertz CT molecular complexity index is 178. The first-order valence-corrected chi connectivity index (χ1v) is 5.04. The molecule has 4 heteroatoms. The van der Waals surface area contributed by atoms with Crippen LogP contribution in [0.3, 0.4) is 0 Å². The third kappa shape index (κ3) is 1.72. The van der Waals surface area contributed by atoms with E-state index in [1.165, 1.54) is 6.42 Å². The minimum Gasteiger partial charge on any atom is -0.389 e. The predicted octanol–water partition coefficient (Wildman–Crippen LogP) is -1.10. The molecule has 1 heterocycles. The molecule has 4 unspecified atom stereocenters. The lowest BCUT2D eigenvalue weighted by Gasteiger charge is -2.26. The Morgan fingerprint density at radius 3 is 2.15 bits per heavy atom. The molecule has 2 rings (SSSR count). The summed E-state index contributed by atoms with van der Waals surface area (Å²) in [5.74, 6) is 0. The van der Waals surface area contributed by atoms with Crippen molar-refractivity contribution in [3.05, 3.63) is 0 Å². The Kier molecular flexibility index (Phi) is 2.55. The summed E-state index contributed by atoms with van der Waals surface area (Å²) >= 11 is 0. The zero-order chi connectivity index (χ0) is 9.42. The molecule has 0 aromatic rings. The van der Waals surface area contributed by atoms with Gasteiger partial charge in [0.15, 0.2) is 0 Å². The van der Waals surface area contributed by atoms with Gasteiger partial charge in [-0.1, -0.05) is 6.42 Å². The van der Waals surface area contributed by atoms with Gasteiger partial charge in [-0.2, -0.15) is 0 Å². The summed E-state index contributed by atoms with van der Waals surface area (Å²) < 4.78 is 0. The number of nitrogens with two attached hydrogens (primary N) is 1. The number of likely N-dealkylation sites (tertiary alicyclic amines) is 1. The van der Waals surface area contributed by atoms with Gasteiger partial charge in [0.05, 0.1) is 12.2 Å². The second-order valence-electron chi connectivity index (χ2n) is 4.25. The van der Waals surface area contributed by atoms with Crippen molar-refractivity contribution >= 4 is 0 Å². The maximum Gasteiger partial charge on any atom is 0.0938 e. The molecule has 0 spiro atoms. The van der Waals surface area contributed by atoms with E-state index in [2.05, 4.69) is 4.90 Å². The number of aliphatic hydroxyl groups excluding tert-OH is 2. The maximum absolute atomic E-state index is 9.38. The van der Waals surface area contributed by atoms with E-state index < -0.39 is 12.2 Å². The summed E-state index contributed by atoms with van der Waals surface area (Å²) in [6, 6.07) is 0.615. The fourth-order valence-corrected chi connectivity index (χ4v) is 2.49. The Balaban J connectivity index is 1.95. The number of aliphatic hydroxyl groups is 2. The van der Waals surface area contributed by atoms with Crippen LogP contribution in [-0.2, 0) is 0 Å². The van der Waals surface area contributed by atoms with Gasteiger partial charge in [-0.3, -0.25) is 4.90 Å². The van der Waals surface area contributed by atoms with Crippen molar-refractivity contribution in [2.24, 2.45) is 5.73 Å². The molecular formula is C9H18N2O2. The van der Waals surface area contributed by atoms with Crippen molar-refractivity contribution in [2.75, 3.05) is 13.1 Å². The van der Waals surface area contributed by atoms with Crippen LogP contribution in [0.1, 0.15) is 19.3 Å². The lowest BCUT2D eigenvalue weighted by atomic mass is 10.1. The van der Waals surface area contributed by atoms with Crippen LogP contribution in [-0.4, -0.2) is 52.5 Å². The SMILES string of the molecule is NC1CCCC1N1CC(O)C(O)C1. The molecule has 0 aromatic heterocycles. The minimum atomic E-state index is -0.576. The third-order valence-electron chi connectivity index (χ3n) is 3.29. The highest BCUT2D eigenvalue weighted by molar-refractivity contribution is 4.94. The zero-order valence-electron chi connectivity index (χ0n) is 7.76. The van der Waals surface area contributed by atoms with Gasteiger partial charge in [0.1, 0.15) is 0 Å². The minimum absolute atomic E-state index is 0.234. The second-order valence-corrected chi connectivity index (χ2v) is 4.25. The van der Waals surface area contributed by atoms with Gasteiger partial charge in [-0.05, 0) is 12.8 Å². The maximum atomic E-state index is 9.38. The van der Waals surface area contributed by atoms with Crippen LogP contribution in [0.5, 0.6) is 0 Å². The molecule has 4 nitrogen and oxygen atoms in total. The molecule has 4 atom stereocenters. The number of hydrogen-bond acceptors (Lipinski definition) is 4. The van der Waals surface area contributed by atoms with Gasteiger partial charge in [0, 0.05) is 25.2 Å². The Labute approximate surface area is 78.3 Å². The smallest absolute Gasteiger partial charge is 0.0938 e. The summed E-state index contributed by atoms with van der Waals surface area (Å²) in [6.07, 6.45) is 2.21. The molecule has 0 radical (unpaired) electrons. The lowest BCUT2D eigenvalue weighted by molar-refractivity contribution is 0.0572. The number of β-amino-alcohol motifs (C(OH)–C–C–N with tert-alkyl or cyclic N) is 2. The van der Waals surface area contributed by atoms with Crippen LogP contribution in [0.25, 0.3) is 0 Å². The van der Waals surface area contributed by atoms with Gasteiger partial charge in [0.25, 0.3) is 0 Å². The Hall–Kier alpha value is -0.160. The van der Waals surface area contributed by atoms with Gasteiger partial charge >= 0.3 is 0 Å². The first-order valence-electron chi connectivity index (χ1n) is 5.04. The van der Waals surface area contributed by atoms with Gasteiger partial charge in [-0.25, -0.2) is 0 Å². The molecule has 1 saturated heterocycles. The van der Waals surface area contributed by atoms with Crippen molar-refractivity contribution in [1.82, 2.24) is 4.90 Å². The molecule has 0 aromatic carbocycles. The van der Waals surface area contributed by atoms with E-state index in [1.54, 1.807) is 0 Å². The fraction of sp³-hybridized carbons (Fsp3) is 1.00. The fourth-order valence-electron chi connectivity index (χ4n) is 2.49. The first kappa shape index (κ1) is 9.40. The summed E-state index contributed by atoms with van der Waals surface area (Å²) in [6.45, 7) is 1.17. The highest BCUT2D eigenvalue weighted by Gasteiger charge is 2.37. The van der Waals surface area contributed by atoms with E-state index in [-0.39, 0.29) is 6.04 Å². The summed E-state index contributed by atoms with van der Waals surface area (Å²) in [5, 5.41) is 18.8. The average molecular weight is 186 g/mol. The Morgan fingerprint density at radius 2 is 1.69 bits per heavy atom. The van der Waals surface area contributed by atoms with Crippen LogP contribution in [0, 0.1) is 0 Å². The first-order chi connectivity index (χ1) is 6.18. The monoisotopic (exact) mass is 186 g/mol. The molecule has 1 saturated carbocycles. The van der Waals surface area contributed by atoms with Crippen molar-refractivity contribution in [2.45, 2.75) is 43.6 Å². The van der Waals surface area contributed by atoms with Crippen LogP contribution in [0.4, 0.5) is 0 Å². The largest absolute Gasteiger partial charge is 0.389 e. The van der Waals surface area contributed by atoms with Crippen LogP contribution in [0.15, 0.2) is 0 Å². The summed E-state index contributed by atoms with van der Waals surface area (Å²) in [4.78, 5) is 2.13. The standard InChI is InChI=1S/C9H18N2O2/c10-6-2-1-3-7(6)11-4-8(12)9(13)5-11/h6-9,12-13H,1-5,10H2. The lowest BCUT2D eigenvalue weighted by Crippen LogP contribution is -2.43. The highest BCUT2D eigenvalue weighted by Crippen LogP contribution is 2.25. The quantitative estimate of drug-likeness (QED) is 0.486. The normalized spacial score (nSPS) is 47.3. The predicted molar refractivity (Wildman–Crippen MR) is 49.2 cm³/mol. The number of rotatable bonds is 1. The molecule has 2 fully saturated rings. The molecule has 2 aliphatic rings. The van der Waals surface area contributed by atoms with E-state index in [0.717, 1.165) is 12.8 Å².